The van der Waals surface area contributed by atoms with E-state index >= 15 is 0 Å². The second-order valence-corrected chi connectivity index (χ2v) is 5.66. The number of aromatic nitrogens is 3. The van der Waals surface area contributed by atoms with Gasteiger partial charge < -0.3 is 9.84 Å². The summed E-state index contributed by atoms with van der Waals surface area (Å²) in [6, 6.07) is 4.62. The second kappa shape index (κ2) is 6.26. The lowest BCUT2D eigenvalue weighted by Crippen LogP contribution is -2.33. The van der Waals surface area contributed by atoms with Crippen molar-refractivity contribution in [2.45, 2.75) is 38.2 Å². The van der Waals surface area contributed by atoms with Gasteiger partial charge in [-0.1, -0.05) is 12.1 Å². The van der Waals surface area contributed by atoms with E-state index in [2.05, 4.69) is 5.10 Å². The van der Waals surface area contributed by atoms with Crippen LogP contribution in [0.25, 0.3) is 0 Å². The van der Waals surface area contributed by atoms with Crippen molar-refractivity contribution in [3.63, 3.8) is 0 Å². The van der Waals surface area contributed by atoms with Gasteiger partial charge in [0.25, 0.3) is 0 Å². The molecule has 1 aromatic heterocycles. The molecule has 1 N–H and O–H groups in total. The fraction of sp³-hybridized carbons (Fsp3) is 0.400. The maximum Gasteiger partial charge on any atom is 0.507 e. The molecule has 25 heavy (non-hydrogen) atoms. The zero-order chi connectivity index (χ0) is 18.2. The smallest absolute Gasteiger partial charge is 0.450 e. The van der Waals surface area contributed by atoms with Crippen molar-refractivity contribution in [2.75, 3.05) is 0 Å². The van der Waals surface area contributed by atoms with Crippen molar-refractivity contribution in [2.24, 2.45) is 0 Å². The Kier molecular flexibility index (Phi) is 4.27. The minimum atomic E-state index is -4.48. The number of alkyl halides is 3. The van der Waals surface area contributed by atoms with Crippen molar-refractivity contribution in [3.8, 4) is 0 Å². The second-order valence-electron chi connectivity index (χ2n) is 5.66. The molecular weight excluding hydrogens is 343 g/mol. The molecule has 0 aliphatic carbocycles. The van der Waals surface area contributed by atoms with E-state index in [0.717, 1.165) is 21.4 Å². The van der Waals surface area contributed by atoms with Crippen LogP contribution in [0.4, 0.5) is 18.0 Å². The minimum absolute atomic E-state index is 0.150. The van der Waals surface area contributed by atoms with E-state index in [1.807, 2.05) is 0 Å². The molecule has 0 amide bonds. The molecule has 0 bridgehead atoms. The number of halogens is 3. The van der Waals surface area contributed by atoms with Crippen molar-refractivity contribution < 1.29 is 27.8 Å². The molecule has 2 heterocycles. The van der Waals surface area contributed by atoms with Gasteiger partial charge in [0, 0.05) is 12.8 Å². The molecule has 10 heteroatoms. The molecule has 1 aliphatic rings. The zero-order valence-corrected chi connectivity index (χ0v) is 12.9. The molecule has 0 saturated carbocycles. The third-order valence-corrected chi connectivity index (χ3v) is 3.90. The Labute approximate surface area is 139 Å². The van der Waals surface area contributed by atoms with Crippen LogP contribution in [-0.2, 0) is 23.9 Å². The molecule has 0 fully saturated rings. The van der Waals surface area contributed by atoms with E-state index in [1.54, 1.807) is 0 Å². The first-order chi connectivity index (χ1) is 11.8. The summed E-state index contributed by atoms with van der Waals surface area (Å²) in [6.07, 6.45) is -5.55. The zero-order valence-electron chi connectivity index (χ0n) is 12.9. The minimum Gasteiger partial charge on any atom is -0.450 e. The number of fused-ring (bicyclic) bond motifs is 1. The lowest BCUT2D eigenvalue weighted by molar-refractivity contribution is -0.137. The van der Waals surface area contributed by atoms with Crippen molar-refractivity contribution in [3.05, 3.63) is 51.7 Å². The summed E-state index contributed by atoms with van der Waals surface area (Å²) in [7, 11) is 0. The third kappa shape index (κ3) is 3.52. The number of hydrogen-bond acceptors (Lipinski definition) is 4. The van der Waals surface area contributed by atoms with E-state index in [0.29, 0.717) is 25.1 Å². The first-order valence-corrected chi connectivity index (χ1v) is 7.49. The number of aryl methyl sites for hydroxylation is 1. The number of hydrogen-bond donors (Lipinski definition) is 1. The van der Waals surface area contributed by atoms with Gasteiger partial charge in [-0.15, -0.1) is 0 Å². The Hall–Kier alpha value is -2.78. The monoisotopic (exact) mass is 357 g/mol. The summed E-state index contributed by atoms with van der Waals surface area (Å²) in [6.45, 7) is -0.150. The summed E-state index contributed by atoms with van der Waals surface area (Å²) >= 11 is 0. The van der Waals surface area contributed by atoms with Crippen LogP contribution in [0.5, 0.6) is 0 Å². The van der Waals surface area contributed by atoms with Gasteiger partial charge in [-0.2, -0.15) is 18.3 Å². The molecule has 0 unspecified atom stereocenters. The van der Waals surface area contributed by atoms with Gasteiger partial charge in [0.15, 0.2) is 6.23 Å². The SMILES string of the molecule is O=C(O)O[C@H]1CCCc2nn(Cc3cccc(C(F)(F)F)c3)c(=O)n21. The van der Waals surface area contributed by atoms with E-state index < -0.39 is 29.8 Å². The summed E-state index contributed by atoms with van der Waals surface area (Å²) in [5, 5.41) is 12.9. The Morgan fingerprint density at radius 3 is 2.84 bits per heavy atom. The first-order valence-electron chi connectivity index (χ1n) is 7.49. The quantitative estimate of drug-likeness (QED) is 0.854. The number of ether oxygens (including phenoxy) is 1. The fourth-order valence-electron chi connectivity index (χ4n) is 2.84. The summed E-state index contributed by atoms with van der Waals surface area (Å²) in [5.41, 5.74) is -1.16. The maximum atomic E-state index is 12.8. The molecule has 134 valence electrons. The van der Waals surface area contributed by atoms with Gasteiger partial charge in [0.2, 0.25) is 0 Å². The van der Waals surface area contributed by atoms with Crippen LogP contribution in [0, 0.1) is 0 Å². The molecule has 1 atom stereocenters. The van der Waals surface area contributed by atoms with E-state index in [4.69, 9.17) is 9.84 Å². The Bertz CT molecular complexity index is 856. The van der Waals surface area contributed by atoms with Gasteiger partial charge in [-0.05, 0) is 24.1 Å². The van der Waals surface area contributed by atoms with Crippen LogP contribution < -0.4 is 5.69 Å². The predicted molar refractivity (Wildman–Crippen MR) is 78.1 cm³/mol. The molecule has 3 rings (SSSR count). The molecule has 0 spiro atoms. The van der Waals surface area contributed by atoms with Crippen molar-refractivity contribution in [1.29, 1.82) is 0 Å². The lowest BCUT2D eigenvalue weighted by atomic mass is 10.1. The molecule has 1 aromatic carbocycles. The third-order valence-electron chi connectivity index (χ3n) is 3.90. The number of nitrogens with zero attached hydrogens (tertiary/aromatic N) is 3. The molecule has 0 radical (unpaired) electrons. The average molecular weight is 357 g/mol. The predicted octanol–water partition coefficient (Wildman–Crippen LogP) is 2.64. The van der Waals surface area contributed by atoms with E-state index in [1.165, 1.54) is 12.1 Å². The Morgan fingerprint density at radius 2 is 2.16 bits per heavy atom. The average Bonchev–Trinajstić information content (AvgIpc) is 2.83. The summed E-state index contributed by atoms with van der Waals surface area (Å²) < 4.78 is 45.2. The first kappa shape index (κ1) is 17.1. The normalized spacial score (nSPS) is 17.2. The highest BCUT2D eigenvalue weighted by molar-refractivity contribution is 5.56. The van der Waals surface area contributed by atoms with Crippen LogP contribution in [-0.4, -0.2) is 25.6 Å². The maximum absolute atomic E-state index is 12.8. The fourth-order valence-corrected chi connectivity index (χ4v) is 2.84. The summed E-state index contributed by atoms with van der Waals surface area (Å²) in [5.74, 6) is 0.356. The Morgan fingerprint density at radius 1 is 1.40 bits per heavy atom. The highest BCUT2D eigenvalue weighted by Crippen LogP contribution is 2.29. The van der Waals surface area contributed by atoms with Crippen molar-refractivity contribution in [1.82, 2.24) is 14.3 Å². The van der Waals surface area contributed by atoms with Crippen LogP contribution in [0.3, 0.4) is 0 Å². The van der Waals surface area contributed by atoms with Gasteiger partial charge in [0.05, 0.1) is 12.1 Å². The molecule has 1 aliphatic heterocycles. The van der Waals surface area contributed by atoms with Gasteiger partial charge in [-0.25, -0.2) is 18.8 Å². The highest BCUT2D eigenvalue weighted by atomic mass is 19.4. The number of rotatable bonds is 3. The van der Waals surface area contributed by atoms with Gasteiger partial charge >= 0.3 is 18.0 Å². The topological polar surface area (TPSA) is 86.3 Å². The van der Waals surface area contributed by atoms with Crippen LogP contribution in [0.2, 0.25) is 0 Å². The van der Waals surface area contributed by atoms with Gasteiger partial charge in [0.1, 0.15) is 5.82 Å². The van der Waals surface area contributed by atoms with Crippen LogP contribution in [0.1, 0.15) is 36.0 Å². The standard InChI is InChI=1S/C15H14F3N3O4/c16-15(17,18)10-4-1-3-9(7-10)8-20-13(22)21-11(19-20)5-2-6-12(21)25-14(23)24/h1,3-4,7,12H,2,5-6,8H2,(H,23,24)/t12-/m0/s1. The lowest BCUT2D eigenvalue weighted by Gasteiger charge is -2.21. The number of carboxylic acid groups (broad SMARTS) is 1. The molecular formula is C15H14F3N3O4. The molecule has 2 aromatic rings. The molecule has 0 saturated heterocycles. The number of benzene rings is 1. The number of carbonyl (C=O) groups is 1. The van der Waals surface area contributed by atoms with Crippen LogP contribution in [0.15, 0.2) is 29.1 Å². The van der Waals surface area contributed by atoms with E-state index in [9.17, 15) is 22.8 Å². The largest absolute Gasteiger partial charge is 0.507 e. The van der Waals surface area contributed by atoms with Crippen molar-refractivity contribution >= 4 is 6.16 Å². The highest BCUT2D eigenvalue weighted by Gasteiger charge is 2.31. The summed E-state index contributed by atoms with van der Waals surface area (Å²) in [4.78, 5) is 23.2. The van der Waals surface area contributed by atoms with E-state index in [-0.39, 0.29) is 12.1 Å². The Balaban J connectivity index is 1.92. The molecule has 7 nitrogen and oxygen atoms in total. The van der Waals surface area contributed by atoms with Crippen LogP contribution >= 0.6 is 0 Å². The van der Waals surface area contributed by atoms with Gasteiger partial charge in [-0.3, -0.25) is 0 Å².